The van der Waals surface area contributed by atoms with E-state index in [1.165, 1.54) is 29.7 Å². The first kappa shape index (κ1) is 17.6. The van der Waals surface area contributed by atoms with Crippen LogP contribution in [-0.2, 0) is 6.54 Å². The lowest BCUT2D eigenvalue weighted by molar-refractivity contribution is 0.0208. The van der Waals surface area contributed by atoms with Crippen molar-refractivity contribution in [3.8, 4) is 0 Å². The lowest BCUT2D eigenvalue weighted by Crippen LogP contribution is -2.56. The molecular formula is C21H27N3OS. The number of piperidine rings is 2. The second-order valence-corrected chi connectivity index (χ2v) is 8.66. The number of benzene rings is 1. The van der Waals surface area contributed by atoms with Gasteiger partial charge in [0.1, 0.15) is 0 Å². The van der Waals surface area contributed by atoms with Crippen LogP contribution in [-0.4, -0.2) is 29.1 Å². The zero-order chi connectivity index (χ0) is 17.9. The quantitative estimate of drug-likeness (QED) is 0.816. The van der Waals surface area contributed by atoms with E-state index in [1.54, 1.807) is 0 Å². The van der Waals surface area contributed by atoms with Crippen molar-refractivity contribution in [2.75, 3.05) is 5.32 Å². The molecule has 1 aromatic carbocycles. The number of carbonyl (C=O) groups excluding carboxylic acids is 1. The van der Waals surface area contributed by atoms with E-state index in [0.717, 1.165) is 25.1 Å². The molecular weight excluding hydrogens is 342 g/mol. The minimum atomic E-state index is -0.0800. The van der Waals surface area contributed by atoms with Crippen molar-refractivity contribution < 1.29 is 4.79 Å². The first-order valence-corrected chi connectivity index (χ1v) is 10.5. The van der Waals surface area contributed by atoms with Crippen LogP contribution in [0, 0.1) is 6.92 Å². The maximum atomic E-state index is 12.4. The van der Waals surface area contributed by atoms with E-state index in [4.69, 9.17) is 0 Å². The molecule has 4 nitrogen and oxygen atoms in total. The fourth-order valence-electron chi connectivity index (χ4n) is 4.43. The third-order valence-electron chi connectivity index (χ3n) is 5.69. The largest absolute Gasteiger partial charge is 0.335 e. The fraction of sp³-hybridized carbons (Fsp3) is 0.476. The van der Waals surface area contributed by atoms with Crippen LogP contribution in [0.1, 0.15) is 42.5 Å². The number of hydrogen-bond acceptors (Lipinski definition) is 3. The first-order chi connectivity index (χ1) is 12.7. The Balaban J connectivity index is 1.34. The van der Waals surface area contributed by atoms with Gasteiger partial charge < -0.3 is 10.6 Å². The van der Waals surface area contributed by atoms with Crippen LogP contribution in [0.4, 0.5) is 10.5 Å². The van der Waals surface area contributed by atoms with E-state index in [1.807, 2.05) is 42.5 Å². The number of thiophene rings is 1. The third kappa shape index (κ3) is 4.10. The van der Waals surface area contributed by atoms with Gasteiger partial charge in [-0.1, -0.05) is 30.2 Å². The Hall–Kier alpha value is -1.85. The Morgan fingerprint density at radius 1 is 1.15 bits per heavy atom. The van der Waals surface area contributed by atoms with E-state index < -0.39 is 0 Å². The minimum Gasteiger partial charge on any atom is -0.335 e. The van der Waals surface area contributed by atoms with Gasteiger partial charge in [0.15, 0.2) is 0 Å². The van der Waals surface area contributed by atoms with Crippen molar-refractivity contribution in [2.45, 2.75) is 63.7 Å². The van der Waals surface area contributed by atoms with Crippen molar-refractivity contribution in [3.63, 3.8) is 0 Å². The molecule has 138 valence electrons. The molecule has 2 saturated heterocycles. The zero-order valence-corrected chi connectivity index (χ0v) is 16.1. The molecule has 2 aliphatic rings. The monoisotopic (exact) mass is 369 g/mol. The fourth-order valence-corrected chi connectivity index (χ4v) is 5.14. The van der Waals surface area contributed by atoms with Gasteiger partial charge in [-0.25, -0.2) is 4.79 Å². The van der Waals surface area contributed by atoms with Crippen molar-refractivity contribution in [1.29, 1.82) is 0 Å². The molecule has 2 bridgehead atoms. The number of fused-ring (bicyclic) bond motifs is 2. The Bertz CT molecular complexity index is 714. The molecule has 2 aliphatic heterocycles. The number of nitrogens with one attached hydrogen (secondary N) is 2. The van der Waals surface area contributed by atoms with Crippen LogP contribution < -0.4 is 10.6 Å². The van der Waals surface area contributed by atoms with Crippen LogP contribution in [0.15, 0.2) is 41.8 Å². The predicted octanol–water partition coefficient (Wildman–Crippen LogP) is 4.76. The van der Waals surface area contributed by atoms with Crippen LogP contribution in [0.3, 0.4) is 0 Å². The topological polar surface area (TPSA) is 44.4 Å². The maximum absolute atomic E-state index is 12.4. The number of amides is 2. The van der Waals surface area contributed by atoms with Crippen LogP contribution in [0.2, 0.25) is 0 Å². The third-order valence-corrected chi connectivity index (χ3v) is 6.55. The summed E-state index contributed by atoms with van der Waals surface area (Å²) in [5, 5.41) is 8.35. The lowest BCUT2D eigenvalue weighted by Gasteiger charge is -2.48. The molecule has 2 atom stereocenters. The second-order valence-electron chi connectivity index (χ2n) is 7.62. The summed E-state index contributed by atoms with van der Waals surface area (Å²) in [5.41, 5.74) is 2.05. The summed E-state index contributed by atoms with van der Waals surface area (Å²) in [6.07, 6.45) is 5.93. The van der Waals surface area contributed by atoms with Gasteiger partial charge >= 0.3 is 6.03 Å². The highest BCUT2D eigenvalue weighted by atomic mass is 32.1. The highest BCUT2D eigenvalue weighted by Crippen LogP contribution is 2.35. The summed E-state index contributed by atoms with van der Waals surface area (Å²) in [6, 6.07) is 13.7. The summed E-state index contributed by atoms with van der Waals surface area (Å²) < 4.78 is 0. The highest BCUT2D eigenvalue weighted by Gasteiger charge is 2.38. The second kappa shape index (κ2) is 7.80. The molecule has 2 amide bonds. The van der Waals surface area contributed by atoms with E-state index in [2.05, 4.69) is 33.0 Å². The number of carbonyl (C=O) groups is 1. The Morgan fingerprint density at radius 2 is 1.88 bits per heavy atom. The van der Waals surface area contributed by atoms with E-state index in [-0.39, 0.29) is 12.1 Å². The van der Waals surface area contributed by atoms with Gasteiger partial charge in [-0.2, -0.15) is 0 Å². The molecule has 0 saturated carbocycles. The molecule has 3 heterocycles. The maximum Gasteiger partial charge on any atom is 0.319 e. The molecule has 0 radical (unpaired) electrons. The number of hydrogen-bond donors (Lipinski definition) is 2. The first-order valence-electron chi connectivity index (χ1n) is 9.60. The number of anilines is 1. The molecule has 0 aliphatic carbocycles. The van der Waals surface area contributed by atoms with E-state index in [0.29, 0.717) is 12.1 Å². The highest BCUT2D eigenvalue weighted by molar-refractivity contribution is 7.09. The molecule has 2 fully saturated rings. The van der Waals surface area contributed by atoms with E-state index >= 15 is 0 Å². The predicted molar refractivity (Wildman–Crippen MR) is 108 cm³/mol. The summed E-state index contributed by atoms with van der Waals surface area (Å²) in [5.74, 6) is 0. The van der Waals surface area contributed by atoms with Crippen molar-refractivity contribution in [1.82, 2.24) is 10.2 Å². The van der Waals surface area contributed by atoms with Crippen molar-refractivity contribution in [2.24, 2.45) is 0 Å². The van der Waals surface area contributed by atoms with Crippen molar-refractivity contribution in [3.05, 3.63) is 52.2 Å². The van der Waals surface area contributed by atoms with Crippen LogP contribution in [0.25, 0.3) is 0 Å². The summed E-state index contributed by atoms with van der Waals surface area (Å²) in [7, 11) is 0. The number of aryl methyl sites for hydroxylation is 1. The average Bonchev–Trinajstić information content (AvgIpc) is 3.11. The smallest absolute Gasteiger partial charge is 0.319 e. The normalized spacial score (nSPS) is 25.7. The van der Waals surface area contributed by atoms with Gasteiger partial charge in [0.05, 0.1) is 0 Å². The lowest BCUT2D eigenvalue weighted by atomic mass is 9.81. The number of nitrogens with zero attached hydrogens (tertiary/aromatic N) is 1. The Morgan fingerprint density at radius 3 is 2.54 bits per heavy atom. The van der Waals surface area contributed by atoms with Crippen molar-refractivity contribution >= 4 is 23.1 Å². The minimum absolute atomic E-state index is 0.0800. The zero-order valence-electron chi connectivity index (χ0n) is 15.3. The molecule has 2 aromatic rings. The van der Waals surface area contributed by atoms with Crippen LogP contribution >= 0.6 is 11.3 Å². The number of rotatable bonds is 4. The van der Waals surface area contributed by atoms with Gasteiger partial charge in [0.2, 0.25) is 0 Å². The van der Waals surface area contributed by atoms with Gasteiger partial charge in [-0.05, 0) is 56.2 Å². The summed E-state index contributed by atoms with van der Waals surface area (Å²) >= 11 is 1.85. The van der Waals surface area contributed by atoms with Gasteiger partial charge in [-0.15, -0.1) is 11.3 Å². The van der Waals surface area contributed by atoms with Gasteiger partial charge in [0, 0.05) is 35.2 Å². The van der Waals surface area contributed by atoms with Crippen LogP contribution in [0.5, 0.6) is 0 Å². The van der Waals surface area contributed by atoms with Gasteiger partial charge in [-0.3, -0.25) is 4.90 Å². The molecule has 4 rings (SSSR count). The molecule has 26 heavy (non-hydrogen) atoms. The summed E-state index contributed by atoms with van der Waals surface area (Å²) in [6.45, 7) is 3.11. The summed E-state index contributed by atoms with van der Waals surface area (Å²) in [4.78, 5) is 16.5. The molecule has 5 heteroatoms. The average molecular weight is 370 g/mol. The van der Waals surface area contributed by atoms with Gasteiger partial charge in [0.25, 0.3) is 0 Å². The molecule has 0 unspecified atom stereocenters. The molecule has 2 N–H and O–H groups in total. The number of urea groups is 1. The molecule has 0 spiro atoms. The Labute approximate surface area is 159 Å². The standard InChI is InChI=1S/C21H27N3OS/c1-15-7-9-16(10-8-15)22-21(25)23-17-12-18-4-2-5-19(13-17)24(18)14-20-6-3-11-26-20/h3,6-11,17-19H,2,4-5,12-14H2,1H3,(H2,22,23,25)/t18-,19-/m1/s1. The molecule has 1 aromatic heterocycles. The van der Waals surface area contributed by atoms with E-state index in [9.17, 15) is 4.79 Å². The SMILES string of the molecule is Cc1ccc(NC(=O)NC2C[C@H]3CCC[C@H](C2)N3Cc2cccs2)cc1. The Kier molecular flexibility index (Phi) is 5.27.